The second-order valence-electron chi connectivity index (χ2n) is 3.52. The second-order valence-corrected chi connectivity index (χ2v) is 6.69. The maximum absolute atomic E-state index is 11.1. The zero-order valence-electron chi connectivity index (χ0n) is 11.9. The van der Waals surface area contributed by atoms with Crippen LogP contribution in [0.15, 0.2) is 0 Å². The van der Waals surface area contributed by atoms with Gasteiger partial charge in [-0.2, -0.15) is 0 Å². The van der Waals surface area contributed by atoms with Gasteiger partial charge >= 0.3 is 14.9 Å². The van der Waals surface area contributed by atoms with E-state index >= 15 is 0 Å². The van der Waals surface area contributed by atoms with E-state index in [1.165, 1.54) is 0 Å². The fourth-order valence-electron chi connectivity index (χ4n) is 1.59. The third-order valence-electron chi connectivity index (χ3n) is 2.17. The smallest absolute Gasteiger partial charge is 0.444 e. The molecule has 1 unspecified atom stereocenters. The van der Waals surface area contributed by atoms with E-state index in [4.69, 9.17) is 20.8 Å². The third-order valence-corrected chi connectivity index (χ3v) is 5.63. The average molecular weight is 307 g/mol. The summed E-state index contributed by atoms with van der Waals surface area (Å²) in [5.74, 6) is 0. The quantitative estimate of drug-likeness (QED) is 0.358. The van der Waals surface area contributed by atoms with Gasteiger partial charge in [-0.1, -0.05) is 0 Å². The van der Waals surface area contributed by atoms with Crippen LogP contribution in [0.5, 0.6) is 0 Å². The molecule has 0 bridgehead atoms. The van der Waals surface area contributed by atoms with Gasteiger partial charge in [0.25, 0.3) is 0 Å². The first-order chi connectivity index (χ1) is 9.14. The number of hydrogen-bond acceptors (Lipinski definition) is 5. The first-order valence-electron chi connectivity index (χ1n) is 6.46. The molecule has 1 amide bonds. The van der Waals surface area contributed by atoms with Gasteiger partial charge in [-0.05, 0) is 27.2 Å². The number of rotatable bonds is 11. The van der Waals surface area contributed by atoms with Crippen molar-refractivity contribution in [1.29, 1.82) is 0 Å². The molecular weight excluding hydrogens is 284 g/mol. The van der Waals surface area contributed by atoms with E-state index < -0.39 is 14.9 Å². The Bertz CT molecular complexity index is 233. The highest BCUT2D eigenvalue weighted by Crippen LogP contribution is 2.17. The molecule has 0 saturated carbocycles. The van der Waals surface area contributed by atoms with Crippen molar-refractivity contribution in [1.82, 2.24) is 5.32 Å². The Labute approximate surface area is 119 Å². The van der Waals surface area contributed by atoms with Gasteiger partial charge in [0.15, 0.2) is 7.57 Å². The lowest BCUT2D eigenvalue weighted by Gasteiger charge is -2.28. The molecule has 1 N–H and O–H groups in total. The van der Waals surface area contributed by atoms with Crippen LogP contribution in [0.25, 0.3) is 0 Å². The van der Waals surface area contributed by atoms with Gasteiger partial charge < -0.3 is 23.1 Å². The standard InChI is InChI=1S/C10H23BNO5PSi/c1-4-14-19(15-5-2,16-6-3)9-7-8-12-10(13)17-18-11/h18H,4-9H2,1-3H3,(H,12,13). The number of amides is 1. The van der Waals surface area contributed by atoms with E-state index in [2.05, 4.69) is 9.84 Å². The van der Waals surface area contributed by atoms with Crippen molar-refractivity contribution in [3.63, 3.8) is 0 Å². The van der Waals surface area contributed by atoms with Crippen LogP contribution in [0.2, 0.25) is 6.04 Å². The van der Waals surface area contributed by atoms with Crippen molar-refractivity contribution in [2.75, 3.05) is 26.4 Å². The molecule has 0 spiro atoms. The van der Waals surface area contributed by atoms with E-state index in [9.17, 15) is 4.79 Å². The highest BCUT2D eigenvalue weighted by molar-refractivity contribution is 7.62. The van der Waals surface area contributed by atoms with Crippen molar-refractivity contribution in [2.24, 2.45) is 0 Å². The van der Waals surface area contributed by atoms with Crippen LogP contribution >= 0.6 is 8.69 Å². The normalized spacial score (nSPS) is 11.9. The third kappa shape index (κ3) is 8.60. The minimum atomic E-state index is -2.60. The van der Waals surface area contributed by atoms with E-state index in [0.29, 0.717) is 38.8 Å². The zero-order chi connectivity index (χ0) is 14.6. The summed E-state index contributed by atoms with van der Waals surface area (Å²) in [6, 6.07) is 0.660. The summed E-state index contributed by atoms with van der Waals surface area (Å²) >= 11 is 0. The summed E-state index contributed by atoms with van der Waals surface area (Å²) < 4.78 is 21.7. The Balaban J connectivity index is 4.13. The van der Waals surface area contributed by atoms with Crippen LogP contribution < -0.4 is 5.32 Å². The van der Waals surface area contributed by atoms with Crippen LogP contribution in [0, 0.1) is 0 Å². The van der Waals surface area contributed by atoms with Crippen LogP contribution in [-0.4, -0.2) is 48.8 Å². The molecule has 2 radical (unpaired) electrons. The van der Waals surface area contributed by atoms with Gasteiger partial charge in [-0.15, -0.1) is 0 Å². The molecule has 0 heterocycles. The lowest BCUT2D eigenvalue weighted by Crippen LogP contribution is -2.46. The second kappa shape index (κ2) is 11.7. The number of carbonyl (C=O) groups excluding carboxylic acids is 1. The summed E-state index contributed by atoms with van der Waals surface area (Å²) in [4.78, 5) is 11.1. The molecule has 0 aliphatic rings. The largest absolute Gasteiger partial charge is 0.500 e. The molecule has 0 aromatic heterocycles. The van der Waals surface area contributed by atoms with Gasteiger partial charge in [0.1, 0.15) is 0 Å². The van der Waals surface area contributed by atoms with Gasteiger partial charge in [0.05, 0.1) is 0 Å². The highest BCUT2D eigenvalue weighted by atomic mass is 31.1. The van der Waals surface area contributed by atoms with Crippen LogP contribution in [0.4, 0.5) is 4.79 Å². The minimum Gasteiger partial charge on any atom is -0.444 e. The van der Waals surface area contributed by atoms with Crippen molar-refractivity contribution in [2.45, 2.75) is 33.2 Å². The topological polar surface area (TPSA) is 66.0 Å². The Hall–Kier alpha value is -0.138. The van der Waals surface area contributed by atoms with Crippen LogP contribution in [-0.2, 0) is 17.8 Å². The van der Waals surface area contributed by atoms with Crippen molar-refractivity contribution in [3.8, 4) is 0 Å². The molecular formula is C10H23BNO5PSi. The lowest BCUT2D eigenvalue weighted by molar-refractivity contribution is 0.0708. The Morgan fingerprint density at radius 1 is 1.16 bits per heavy atom. The zero-order valence-corrected chi connectivity index (χ0v) is 13.9. The summed E-state index contributed by atoms with van der Waals surface area (Å²) in [7, 11) is 2.17. The number of carbonyl (C=O) groups is 1. The van der Waals surface area contributed by atoms with E-state index in [0.717, 1.165) is 0 Å². The Kier molecular flexibility index (Phi) is 11.6. The molecule has 19 heavy (non-hydrogen) atoms. The molecule has 6 nitrogen and oxygen atoms in total. The van der Waals surface area contributed by atoms with Gasteiger partial charge in [-0.25, -0.2) is 4.79 Å². The van der Waals surface area contributed by atoms with E-state index in [-0.39, 0.29) is 8.69 Å². The molecule has 0 aliphatic carbocycles. The molecule has 0 aromatic carbocycles. The van der Waals surface area contributed by atoms with E-state index in [1.807, 2.05) is 20.8 Å². The molecule has 1 atom stereocenters. The summed E-state index contributed by atoms with van der Waals surface area (Å²) in [6.07, 6.45) is 0.201. The van der Waals surface area contributed by atoms with Crippen LogP contribution in [0.1, 0.15) is 27.2 Å². The molecule has 9 heteroatoms. The molecule has 0 fully saturated rings. The molecule has 0 saturated heterocycles. The van der Waals surface area contributed by atoms with Crippen molar-refractivity contribution >= 4 is 31.1 Å². The fourth-order valence-corrected chi connectivity index (χ4v) is 4.38. The molecule has 0 rings (SSSR count). The maximum atomic E-state index is 11.1. The Morgan fingerprint density at radius 3 is 2.11 bits per heavy atom. The highest BCUT2D eigenvalue weighted by Gasteiger charge is 2.39. The van der Waals surface area contributed by atoms with Crippen molar-refractivity contribution < 1.29 is 22.6 Å². The van der Waals surface area contributed by atoms with Gasteiger partial charge in [0, 0.05) is 41.1 Å². The van der Waals surface area contributed by atoms with Gasteiger partial charge in [0.2, 0.25) is 0 Å². The molecule has 0 aliphatic heterocycles. The first-order valence-corrected chi connectivity index (χ1v) is 9.38. The first kappa shape index (κ1) is 18.9. The Morgan fingerprint density at radius 2 is 1.68 bits per heavy atom. The lowest BCUT2D eigenvalue weighted by atomic mass is 10.5. The fraction of sp³-hybridized carbons (Fsp3) is 0.900. The predicted octanol–water partition coefficient (Wildman–Crippen LogP) is 1.83. The summed E-state index contributed by atoms with van der Waals surface area (Å²) in [5, 5.41) is 2.60. The van der Waals surface area contributed by atoms with E-state index in [1.54, 1.807) is 0 Å². The monoisotopic (exact) mass is 307 g/mol. The maximum Gasteiger partial charge on any atom is 0.500 e. The molecule has 110 valence electrons. The average Bonchev–Trinajstić information content (AvgIpc) is 2.36. The predicted molar refractivity (Wildman–Crippen MR) is 78.6 cm³/mol. The van der Waals surface area contributed by atoms with Crippen molar-refractivity contribution in [3.05, 3.63) is 0 Å². The number of nitrogens with one attached hydrogen (secondary N) is 1. The minimum absolute atomic E-state index is 0.338. The van der Waals surface area contributed by atoms with Crippen LogP contribution in [0.3, 0.4) is 0 Å². The SMILES string of the molecule is [B]POC(=O)NCCC[Si](OCC)(OCC)OCC. The summed E-state index contributed by atoms with van der Waals surface area (Å²) in [6.45, 7) is 7.87. The summed E-state index contributed by atoms with van der Waals surface area (Å²) in [5.41, 5.74) is 0. The van der Waals surface area contributed by atoms with Gasteiger partial charge in [-0.3, -0.25) is 0 Å². The molecule has 0 aromatic rings. The number of hydrogen-bond donors (Lipinski definition) is 1.